The van der Waals surface area contributed by atoms with E-state index in [1.165, 1.54) is 0 Å². The van der Waals surface area contributed by atoms with Gasteiger partial charge < -0.3 is 0 Å². The highest BCUT2D eigenvalue weighted by Gasteiger charge is 2.01. The van der Waals surface area contributed by atoms with E-state index in [-0.39, 0.29) is 0 Å². The Balaban J connectivity index is 0.000000561. The average Bonchev–Trinajstić information content (AvgIpc) is 2.04. The molecule has 0 aliphatic rings. The molecule has 0 aromatic carbocycles. The Morgan fingerprint density at radius 3 is 2.08 bits per heavy atom. The van der Waals surface area contributed by atoms with Crippen LogP contribution in [0.4, 0.5) is 0 Å². The van der Waals surface area contributed by atoms with Gasteiger partial charge in [-0.3, -0.25) is 0 Å². The molecule has 1 rings (SSSR count). The fraction of sp³-hybridized carbons (Fsp3) is 0.444. The molecule has 0 saturated carbocycles. The van der Waals surface area contributed by atoms with Gasteiger partial charge in [0.25, 0.3) is 0 Å². The Morgan fingerprint density at radius 1 is 1.17 bits per heavy atom. The normalized spacial score (nSPS) is 8.83. The molecule has 0 N–H and O–H groups in total. The Kier molecular flexibility index (Phi) is 5.27. The summed E-state index contributed by atoms with van der Waals surface area (Å²) in [5, 5.41) is 1.17. The van der Waals surface area contributed by atoms with Gasteiger partial charge in [-0.2, -0.15) is 0 Å². The maximum Gasteiger partial charge on any atom is 0.133 e. The molecular weight excluding hydrogens is 193 g/mol. The minimum Gasteiger partial charge on any atom is -0.241 e. The lowest BCUT2D eigenvalue weighted by molar-refractivity contribution is 1.17. The van der Waals surface area contributed by atoms with E-state index in [1.54, 1.807) is 6.07 Å². The lowest BCUT2D eigenvalue weighted by Crippen LogP contribution is -1.85. The molecule has 0 unspecified atom stereocenters. The van der Waals surface area contributed by atoms with E-state index < -0.39 is 0 Å². The zero-order valence-corrected chi connectivity index (χ0v) is 9.29. The largest absolute Gasteiger partial charge is 0.241 e. The summed E-state index contributed by atoms with van der Waals surface area (Å²) >= 11 is 11.5. The van der Waals surface area contributed by atoms with Gasteiger partial charge >= 0.3 is 0 Å². The third-order valence-corrected chi connectivity index (χ3v) is 2.04. The molecule has 0 aliphatic carbocycles. The van der Waals surface area contributed by atoms with Crippen LogP contribution in [0.25, 0.3) is 0 Å². The molecule has 0 amide bonds. The van der Waals surface area contributed by atoms with Gasteiger partial charge in [-0.15, -0.1) is 0 Å². The molecule has 0 atom stereocenters. The van der Waals surface area contributed by atoms with Crippen LogP contribution in [0.5, 0.6) is 0 Å². The quantitative estimate of drug-likeness (QED) is 0.584. The standard InChI is InChI=1S/C7H7Cl2N.C2H6/c1-4-3-6(8)5(2)7(9)10-4;1-2/h3H,1-2H3;1-2H3. The number of rotatable bonds is 0. The van der Waals surface area contributed by atoms with Crippen molar-refractivity contribution in [3.63, 3.8) is 0 Å². The lowest BCUT2D eigenvalue weighted by Gasteiger charge is -2.00. The van der Waals surface area contributed by atoms with Crippen molar-refractivity contribution in [2.45, 2.75) is 27.7 Å². The van der Waals surface area contributed by atoms with Gasteiger partial charge in [0, 0.05) is 16.3 Å². The van der Waals surface area contributed by atoms with Crippen molar-refractivity contribution in [1.82, 2.24) is 4.98 Å². The molecule has 1 aromatic heterocycles. The summed E-state index contributed by atoms with van der Waals surface area (Å²) in [6, 6.07) is 1.79. The molecule has 1 aromatic rings. The second-order valence-electron chi connectivity index (χ2n) is 2.16. The summed E-state index contributed by atoms with van der Waals surface area (Å²) in [4.78, 5) is 4.01. The smallest absolute Gasteiger partial charge is 0.133 e. The fourth-order valence-corrected chi connectivity index (χ4v) is 1.19. The summed E-state index contributed by atoms with van der Waals surface area (Å²) in [6.45, 7) is 7.70. The first-order chi connectivity index (χ1) is 5.61. The highest BCUT2D eigenvalue weighted by Crippen LogP contribution is 2.21. The Labute approximate surface area is 83.7 Å². The van der Waals surface area contributed by atoms with E-state index in [0.29, 0.717) is 10.2 Å². The predicted molar refractivity (Wildman–Crippen MR) is 55.1 cm³/mol. The van der Waals surface area contributed by atoms with Crippen LogP contribution in [0.2, 0.25) is 10.2 Å². The van der Waals surface area contributed by atoms with Crippen molar-refractivity contribution in [3.05, 3.63) is 27.5 Å². The average molecular weight is 206 g/mol. The van der Waals surface area contributed by atoms with E-state index >= 15 is 0 Å². The number of pyridine rings is 1. The zero-order valence-electron chi connectivity index (χ0n) is 7.78. The van der Waals surface area contributed by atoms with E-state index in [0.717, 1.165) is 11.3 Å². The lowest BCUT2D eigenvalue weighted by atomic mass is 10.3. The molecule has 0 bridgehead atoms. The van der Waals surface area contributed by atoms with Crippen LogP contribution < -0.4 is 0 Å². The van der Waals surface area contributed by atoms with E-state index in [1.807, 2.05) is 27.7 Å². The monoisotopic (exact) mass is 205 g/mol. The highest BCUT2D eigenvalue weighted by atomic mass is 35.5. The maximum atomic E-state index is 5.79. The number of nitrogens with zero attached hydrogens (tertiary/aromatic N) is 1. The highest BCUT2D eigenvalue weighted by molar-refractivity contribution is 6.35. The van der Waals surface area contributed by atoms with Crippen molar-refractivity contribution >= 4 is 23.2 Å². The molecule has 0 spiro atoms. The summed E-state index contributed by atoms with van der Waals surface area (Å²) in [7, 11) is 0. The minimum absolute atomic E-state index is 0.491. The van der Waals surface area contributed by atoms with Gasteiger partial charge in [0.1, 0.15) is 5.15 Å². The van der Waals surface area contributed by atoms with Crippen LogP contribution >= 0.6 is 23.2 Å². The molecule has 0 saturated heterocycles. The van der Waals surface area contributed by atoms with E-state index in [4.69, 9.17) is 23.2 Å². The van der Waals surface area contributed by atoms with Gasteiger partial charge in [-0.1, -0.05) is 37.0 Å². The van der Waals surface area contributed by atoms with Crippen LogP contribution in [0, 0.1) is 13.8 Å². The molecule has 0 radical (unpaired) electrons. The van der Waals surface area contributed by atoms with Crippen LogP contribution in [0.3, 0.4) is 0 Å². The van der Waals surface area contributed by atoms with Crippen molar-refractivity contribution in [2.75, 3.05) is 0 Å². The molecule has 12 heavy (non-hydrogen) atoms. The number of aryl methyl sites for hydroxylation is 1. The SMILES string of the molecule is CC.Cc1cc(Cl)c(C)c(Cl)n1. The second kappa shape index (κ2) is 5.39. The summed E-state index contributed by atoms with van der Waals surface area (Å²) in [5.74, 6) is 0. The van der Waals surface area contributed by atoms with Gasteiger partial charge in [-0.05, 0) is 19.9 Å². The molecular formula is C9H13Cl2N. The first kappa shape index (κ1) is 11.7. The van der Waals surface area contributed by atoms with Crippen LogP contribution in [0.15, 0.2) is 6.07 Å². The molecule has 1 heterocycles. The fourth-order valence-electron chi connectivity index (χ4n) is 0.661. The number of aromatic nitrogens is 1. The van der Waals surface area contributed by atoms with Crippen LogP contribution in [-0.2, 0) is 0 Å². The Bertz CT molecular complexity index is 236. The number of hydrogen-bond donors (Lipinski definition) is 0. The molecule has 0 aliphatic heterocycles. The zero-order chi connectivity index (χ0) is 9.72. The maximum absolute atomic E-state index is 5.79. The van der Waals surface area contributed by atoms with Crippen LogP contribution in [0.1, 0.15) is 25.1 Å². The van der Waals surface area contributed by atoms with E-state index in [9.17, 15) is 0 Å². The summed E-state index contributed by atoms with van der Waals surface area (Å²) < 4.78 is 0. The van der Waals surface area contributed by atoms with Gasteiger partial charge in [0.15, 0.2) is 0 Å². The molecule has 0 fully saturated rings. The minimum atomic E-state index is 0.491. The first-order valence-electron chi connectivity index (χ1n) is 3.90. The third kappa shape index (κ3) is 3.00. The first-order valence-corrected chi connectivity index (χ1v) is 4.66. The molecule has 1 nitrogen and oxygen atoms in total. The number of halogens is 2. The van der Waals surface area contributed by atoms with Crippen LogP contribution in [-0.4, -0.2) is 4.98 Å². The summed E-state index contributed by atoms with van der Waals surface area (Å²) in [5.41, 5.74) is 1.69. The topological polar surface area (TPSA) is 12.9 Å². The van der Waals surface area contributed by atoms with E-state index in [2.05, 4.69) is 4.98 Å². The summed E-state index contributed by atoms with van der Waals surface area (Å²) in [6.07, 6.45) is 0. The van der Waals surface area contributed by atoms with Crippen molar-refractivity contribution in [2.24, 2.45) is 0 Å². The van der Waals surface area contributed by atoms with Crippen molar-refractivity contribution < 1.29 is 0 Å². The molecule has 68 valence electrons. The number of hydrogen-bond acceptors (Lipinski definition) is 1. The predicted octanol–water partition coefficient (Wildman–Crippen LogP) is 4.03. The van der Waals surface area contributed by atoms with Crippen molar-refractivity contribution in [1.29, 1.82) is 0 Å². The Morgan fingerprint density at radius 2 is 1.67 bits per heavy atom. The third-order valence-electron chi connectivity index (χ3n) is 1.28. The van der Waals surface area contributed by atoms with Crippen molar-refractivity contribution in [3.8, 4) is 0 Å². The molecule has 3 heteroatoms. The van der Waals surface area contributed by atoms with Gasteiger partial charge in [0.05, 0.1) is 0 Å². The Hall–Kier alpha value is -0.270. The van der Waals surface area contributed by atoms with Gasteiger partial charge in [0.2, 0.25) is 0 Å². The second-order valence-corrected chi connectivity index (χ2v) is 2.93. The van der Waals surface area contributed by atoms with Gasteiger partial charge in [-0.25, -0.2) is 4.98 Å².